The van der Waals surface area contributed by atoms with Crippen molar-refractivity contribution in [1.29, 1.82) is 0 Å². The smallest absolute Gasteiger partial charge is 0.125 e. The van der Waals surface area contributed by atoms with Crippen LogP contribution in [0.3, 0.4) is 0 Å². The average Bonchev–Trinajstić information content (AvgIpc) is 2.84. The van der Waals surface area contributed by atoms with Gasteiger partial charge in [0.15, 0.2) is 0 Å². The van der Waals surface area contributed by atoms with Crippen molar-refractivity contribution < 1.29 is 4.39 Å². The average molecular weight is 289 g/mol. The van der Waals surface area contributed by atoms with Crippen LogP contribution in [0.2, 0.25) is 5.02 Å². The molecule has 1 aromatic heterocycles. The topological polar surface area (TPSA) is 17.0 Å². The maximum atomic E-state index is 13.3. The van der Waals surface area contributed by atoms with E-state index in [9.17, 15) is 4.39 Å². The van der Waals surface area contributed by atoms with Gasteiger partial charge in [-0.3, -0.25) is 0 Å². The lowest BCUT2D eigenvalue weighted by atomic mass is 10.2. The molecule has 3 rings (SSSR count). The Morgan fingerprint density at radius 2 is 1.85 bits per heavy atom. The Labute approximate surface area is 121 Å². The molecule has 2 aromatic carbocycles. The third-order valence-corrected chi connectivity index (χ3v) is 3.51. The van der Waals surface area contributed by atoms with E-state index in [1.807, 2.05) is 41.1 Å². The monoisotopic (exact) mass is 288 g/mol. The summed E-state index contributed by atoms with van der Waals surface area (Å²) in [6.07, 6.45) is 1.98. The van der Waals surface area contributed by atoms with Gasteiger partial charge < -0.3 is 9.88 Å². The van der Waals surface area contributed by atoms with Gasteiger partial charge in [-0.2, -0.15) is 0 Å². The van der Waals surface area contributed by atoms with Crippen molar-refractivity contribution in [1.82, 2.24) is 4.57 Å². The lowest BCUT2D eigenvalue weighted by Crippen LogP contribution is -2.09. The zero-order valence-corrected chi connectivity index (χ0v) is 11.6. The molecule has 0 saturated heterocycles. The van der Waals surface area contributed by atoms with E-state index in [0.717, 1.165) is 34.7 Å². The molecule has 0 aliphatic heterocycles. The summed E-state index contributed by atoms with van der Waals surface area (Å²) in [5.41, 5.74) is 1.94. The van der Waals surface area contributed by atoms with Gasteiger partial charge in [-0.05, 0) is 53.9 Å². The van der Waals surface area contributed by atoms with Crippen LogP contribution in [0.25, 0.3) is 10.9 Å². The zero-order valence-electron chi connectivity index (χ0n) is 10.8. The third kappa shape index (κ3) is 2.78. The van der Waals surface area contributed by atoms with Gasteiger partial charge in [0.1, 0.15) is 5.82 Å². The number of hydrogen-bond donors (Lipinski definition) is 1. The summed E-state index contributed by atoms with van der Waals surface area (Å²) in [7, 11) is 0. The SMILES string of the molecule is Fc1ccc2ccn(CCNc3ccc(Cl)cc3)c2c1. The maximum Gasteiger partial charge on any atom is 0.125 e. The molecule has 1 N–H and O–H groups in total. The van der Waals surface area contributed by atoms with Crippen molar-refractivity contribution in [3.05, 3.63) is 65.6 Å². The number of aromatic nitrogens is 1. The number of halogens is 2. The van der Waals surface area contributed by atoms with Gasteiger partial charge in [-0.25, -0.2) is 4.39 Å². The Kier molecular flexibility index (Phi) is 3.61. The number of nitrogens with one attached hydrogen (secondary N) is 1. The van der Waals surface area contributed by atoms with Crippen molar-refractivity contribution in [3.63, 3.8) is 0 Å². The molecule has 0 atom stereocenters. The fourth-order valence-corrected chi connectivity index (χ4v) is 2.37. The van der Waals surface area contributed by atoms with E-state index in [2.05, 4.69) is 5.32 Å². The second-order valence-corrected chi connectivity index (χ2v) is 5.08. The summed E-state index contributed by atoms with van der Waals surface area (Å²) in [6, 6.07) is 14.4. The largest absolute Gasteiger partial charge is 0.383 e. The van der Waals surface area contributed by atoms with Gasteiger partial charge in [0, 0.05) is 30.0 Å². The quantitative estimate of drug-likeness (QED) is 0.745. The predicted molar refractivity (Wildman–Crippen MR) is 81.8 cm³/mol. The van der Waals surface area contributed by atoms with Crippen molar-refractivity contribution >= 4 is 28.2 Å². The highest BCUT2D eigenvalue weighted by molar-refractivity contribution is 6.30. The number of anilines is 1. The highest BCUT2D eigenvalue weighted by Gasteiger charge is 2.02. The fraction of sp³-hybridized carbons (Fsp3) is 0.125. The molecule has 0 amide bonds. The van der Waals surface area contributed by atoms with E-state index in [-0.39, 0.29) is 5.82 Å². The first-order valence-corrected chi connectivity index (χ1v) is 6.84. The van der Waals surface area contributed by atoms with Gasteiger partial charge in [0.05, 0.1) is 5.52 Å². The molecule has 0 aliphatic carbocycles. The molecule has 102 valence electrons. The molecule has 0 bridgehead atoms. The number of fused-ring (bicyclic) bond motifs is 1. The zero-order chi connectivity index (χ0) is 13.9. The summed E-state index contributed by atoms with van der Waals surface area (Å²) in [5.74, 6) is -0.205. The van der Waals surface area contributed by atoms with Crippen LogP contribution < -0.4 is 5.32 Å². The first kappa shape index (κ1) is 13.0. The molecule has 0 radical (unpaired) electrons. The molecule has 20 heavy (non-hydrogen) atoms. The molecule has 0 aliphatic rings. The highest BCUT2D eigenvalue weighted by Crippen LogP contribution is 2.17. The fourth-order valence-electron chi connectivity index (χ4n) is 2.24. The van der Waals surface area contributed by atoms with Gasteiger partial charge in [-0.1, -0.05) is 11.6 Å². The second kappa shape index (κ2) is 5.55. The van der Waals surface area contributed by atoms with Crippen LogP contribution in [0, 0.1) is 5.82 Å². The molecule has 2 nitrogen and oxygen atoms in total. The maximum absolute atomic E-state index is 13.3. The highest BCUT2D eigenvalue weighted by atomic mass is 35.5. The minimum Gasteiger partial charge on any atom is -0.383 e. The van der Waals surface area contributed by atoms with Crippen LogP contribution in [0.5, 0.6) is 0 Å². The molecule has 0 spiro atoms. The summed E-state index contributed by atoms with van der Waals surface area (Å²) in [6.45, 7) is 1.54. The van der Waals surface area contributed by atoms with Crippen molar-refractivity contribution in [2.24, 2.45) is 0 Å². The van der Waals surface area contributed by atoms with Crippen LogP contribution in [0.4, 0.5) is 10.1 Å². The van der Waals surface area contributed by atoms with Gasteiger partial charge in [-0.15, -0.1) is 0 Å². The van der Waals surface area contributed by atoms with Gasteiger partial charge >= 0.3 is 0 Å². The molecule has 4 heteroatoms. The molecular weight excluding hydrogens is 275 g/mol. The third-order valence-electron chi connectivity index (χ3n) is 3.26. The second-order valence-electron chi connectivity index (χ2n) is 4.65. The van der Waals surface area contributed by atoms with Crippen LogP contribution in [0.1, 0.15) is 0 Å². The van der Waals surface area contributed by atoms with Crippen molar-refractivity contribution in [2.75, 3.05) is 11.9 Å². The Morgan fingerprint density at radius 3 is 2.65 bits per heavy atom. The number of rotatable bonds is 4. The number of hydrogen-bond acceptors (Lipinski definition) is 1. The first-order chi connectivity index (χ1) is 9.72. The lowest BCUT2D eigenvalue weighted by molar-refractivity contribution is 0.628. The summed E-state index contributed by atoms with van der Waals surface area (Å²) in [5, 5.41) is 5.09. The van der Waals surface area contributed by atoms with Gasteiger partial charge in [0.2, 0.25) is 0 Å². The normalized spacial score (nSPS) is 10.9. The van der Waals surface area contributed by atoms with E-state index >= 15 is 0 Å². The van der Waals surface area contributed by atoms with Crippen LogP contribution in [-0.2, 0) is 6.54 Å². The lowest BCUT2D eigenvalue weighted by Gasteiger charge is -2.08. The standard InChI is InChI=1S/C16H14ClFN2/c17-13-2-5-15(6-3-13)19-8-10-20-9-7-12-1-4-14(18)11-16(12)20/h1-7,9,11,19H,8,10H2. The summed E-state index contributed by atoms with van der Waals surface area (Å²) >= 11 is 5.84. The van der Waals surface area contributed by atoms with Crippen molar-refractivity contribution in [3.8, 4) is 0 Å². The molecule has 1 heterocycles. The van der Waals surface area contributed by atoms with E-state index in [4.69, 9.17) is 11.6 Å². The Morgan fingerprint density at radius 1 is 1.05 bits per heavy atom. The number of nitrogens with zero attached hydrogens (tertiary/aromatic N) is 1. The van der Waals surface area contributed by atoms with E-state index < -0.39 is 0 Å². The first-order valence-electron chi connectivity index (χ1n) is 6.46. The molecule has 0 fully saturated rings. The molecule has 0 unspecified atom stereocenters. The molecule has 0 saturated carbocycles. The molecule has 3 aromatic rings. The Bertz CT molecular complexity index is 719. The summed E-state index contributed by atoms with van der Waals surface area (Å²) in [4.78, 5) is 0. The van der Waals surface area contributed by atoms with Crippen molar-refractivity contribution in [2.45, 2.75) is 6.54 Å². The van der Waals surface area contributed by atoms with Gasteiger partial charge in [0.25, 0.3) is 0 Å². The summed E-state index contributed by atoms with van der Waals surface area (Å²) < 4.78 is 15.3. The van der Waals surface area contributed by atoms with Crippen LogP contribution >= 0.6 is 11.6 Å². The van der Waals surface area contributed by atoms with Crippen LogP contribution in [-0.4, -0.2) is 11.1 Å². The van der Waals surface area contributed by atoms with E-state index in [1.54, 1.807) is 12.1 Å². The Balaban J connectivity index is 1.68. The Hall–Kier alpha value is -2.00. The minimum absolute atomic E-state index is 0.205. The van der Waals surface area contributed by atoms with E-state index in [0.29, 0.717) is 0 Å². The van der Waals surface area contributed by atoms with E-state index in [1.165, 1.54) is 6.07 Å². The number of benzene rings is 2. The molecular formula is C16H14ClFN2. The predicted octanol–water partition coefficient (Wildman–Crippen LogP) is 4.55. The van der Waals surface area contributed by atoms with Crippen LogP contribution in [0.15, 0.2) is 54.7 Å². The minimum atomic E-state index is -0.205.